The number of para-hydroxylation sites is 1. The number of carbonyl (C=O) groups excluding carboxylic acids is 1. The summed E-state index contributed by atoms with van der Waals surface area (Å²) >= 11 is 5.94. The summed E-state index contributed by atoms with van der Waals surface area (Å²) in [6.45, 7) is 8.38. The van der Waals surface area contributed by atoms with Gasteiger partial charge in [-0.1, -0.05) is 57.5 Å². The second-order valence-corrected chi connectivity index (χ2v) is 6.87. The lowest BCUT2D eigenvalue weighted by Crippen LogP contribution is -2.20. The summed E-state index contributed by atoms with van der Waals surface area (Å²) in [6.07, 6.45) is -0.560. The fraction of sp³-hybridized carbons (Fsp3) is 0.350. The molecule has 1 N–H and O–H groups in total. The Labute approximate surface area is 154 Å². The molecule has 0 spiro atoms. The number of amides is 1. The molecule has 0 atom stereocenters. The van der Waals surface area contributed by atoms with Crippen molar-refractivity contribution >= 4 is 23.4 Å². The van der Waals surface area contributed by atoms with E-state index in [9.17, 15) is 4.79 Å². The Balaban J connectivity index is 2.29. The van der Waals surface area contributed by atoms with Crippen molar-refractivity contribution in [2.45, 2.75) is 39.5 Å². The molecule has 0 heterocycles. The van der Waals surface area contributed by atoms with E-state index >= 15 is 0 Å². The first-order valence-corrected chi connectivity index (χ1v) is 8.66. The molecular formula is C20H24ClNO3. The van der Waals surface area contributed by atoms with Crippen molar-refractivity contribution in [3.05, 3.63) is 52.5 Å². The second-order valence-electron chi connectivity index (χ2n) is 6.43. The van der Waals surface area contributed by atoms with E-state index < -0.39 is 6.09 Å². The molecule has 25 heavy (non-hydrogen) atoms. The molecule has 5 heteroatoms. The minimum absolute atomic E-state index is 0.277. The first-order chi connectivity index (χ1) is 11.8. The van der Waals surface area contributed by atoms with Gasteiger partial charge in [0.15, 0.2) is 11.5 Å². The number of halogens is 1. The first kappa shape index (κ1) is 19.1. The molecule has 0 radical (unpaired) electrons. The summed E-state index contributed by atoms with van der Waals surface area (Å²) in [7, 11) is 1.50. The molecule has 0 aliphatic heterocycles. The fourth-order valence-electron chi connectivity index (χ4n) is 2.65. The van der Waals surface area contributed by atoms with Crippen molar-refractivity contribution in [3.63, 3.8) is 0 Å². The molecule has 0 aliphatic carbocycles. The monoisotopic (exact) mass is 361 g/mol. The molecule has 0 aliphatic rings. The average Bonchev–Trinajstić information content (AvgIpc) is 2.56. The molecule has 0 bridgehead atoms. The van der Waals surface area contributed by atoms with Crippen LogP contribution in [0.4, 0.5) is 10.5 Å². The highest BCUT2D eigenvalue weighted by Gasteiger charge is 2.18. The Hall–Kier alpha value is -2.20. The maximum Gasteiger partial charge on any atom is 0.417 e. The van der Waals surface area contributed by atoms with E-state index in [1.807, 2.05) is 18.2 Å². The highest BCUT2D eigenvalue weighted by atomic mass is 35.5. The number of anilines is 1. The maximum absolute atomic E-state index is 12.5. The molecule has 2 aromatic rings. The molecule has 0 fully saturated rings. The minimum atomic E-state index is -0.560. The Morgan fingerprint density at radius 1 is 1.00 bits per heavy atom. The lowest BCUT2D eigenvalue weighted by Gasteiger charge is -2.20. The summed E-state index contributed by atoms with van der Waals surface area (Å²) in [6, 6.07) is 10.9. The quantitative estimate of drug-likeness (QED) is 0.689. The van der Waals surface area contributed by atoms with Gasteiger partial charge in [0.1, 0.15) is 0 Å². The lowest BCUT2D eigenvalue weighted by molar-refractivity contribution is 0.213. The van der Waals surface area contributed by atoms with Crippen LogP contribution < -0.4 is 14.8 Å². The molecule has 134 valence electrons. The standard InChI is InChI=1S/C20H24ClNO3/c1-12(2)15-7-6-8-16(13(3)4)19(15)22-20(23)25-17-10-9-14(21)11-18(17)24-5/h6-13H,1-5H3,(H,22,23). The van der Waals surface area contributed by atoms with Gasteiger partial charge in [-0.3, -0.25) is 5.32 Å². The number of ether oxygens (including phenoxy) is 2. The van der Waals surface area contributed by atoms with Gasteiger partial charge in [0.25, 0.3) is 0 Å². The van der Waals surface area contributed by atoms with Crippen molar-refractivity contribution in [1.82, 2.24) is 0 Å². The first-order valence-electron chi connectivity index (χ1n) is 8.28. The average molecular weight is 362 g/mol. The van der Waals surface area contributed by atoms with Crippen LogP contribution in [0.3, 0.4) is 0 Å². The molecule has 4 nitrogen and oxygen atoms in total. The third-order valence-electron chi connectivity index (χ3n) is 3.93. The van der Waals surface area contributed by atoms with Crippen molar-refractivity contribution in [1.29, 1.82) is 0 Å². The predicted molar refractivity (Wildman–Crippen MR) is 102 cm³/mol. The molecule has 0 unspecified atom stereocenters. The van der Waals surface area contributed by atoms with Crippen LogP contribution in [0.15, 0.2) is 36.4 Å². The fourth-order valence-corrected chi connectivity index (χ4v) is 2.81. The van der Waals surface area contributed by atoms with E-state index in [1.54, 1.807) is 18.2 Å². The van der Waals surface area contributed by atoms with Crippen LogP contribution in [0.25, 0.3) is 0 Å². The van der Waals surface area contributed by atoms with Crippen LogP contribution in [0.5, 0.6) is 11.5 Å². The number of rotatable bonds is 5. The van der Waals surface area contributed by atoms with E-state index in [0.717, 1.165) is 16.8 Å². The van der Waals surface area contributed by atoms with Crippen LogP contribution in [0.1, 0.15) is 50.7 Å². The van der Waals surface area contributed by atoms with E-state index in [2.05, 4.69) is 33.0 Å². The van der Waals surface area contributed by atoms with Gasteiger partial charge in [-0.15, -0.1) is 0 Å². The third kappa shape index (κ3) is 4.67. The number of benzene rings is 2. The molecule has 2 aromatic carbocycles. The second kappa shape index (κ2) is 8.26. The largest absolute Gasteiger partial charge is 0.493 e. The van der Waals surface area contributed by atoms with Crippen LogP contribution >= 0.6 is 11.6 Å². The van der Waals surface area contributed by atoms with E-state index in [4.69, 9.17) is 21.1 Å². The molecule has 0 saturated heterocycles. The summed E-state index contributed by atoms with van der Waals surface area (Å²) in [5, 5.41) is 3.42. The third-order valence-corrected chi connectivity index (χ3v) is 4.16. The van der Waals surface area contributed by atoms with Gasteiger partial charge in [0, 0.05) is 11.1 Å². The van der Waals surface area contributed by atoms with Crippen LogP contribution in [0.2, 0.25) is 5.02 Å². The molecule has 0 aromatic heterocycles. The molecule has 1 amide bonds. The van der Waals surface area contributed by atoms with Gasteiger partial charge in [-0.25, -0.2) is 4.79 Å². The number of nitrogens with one attached hydrogen (secondary N) is 1. The van der Waals surface area contributed by atoms with Crippen molar-refractivity contribution in [3.8, 4) is 11.5 Å². The lowest BCUT2D eigenvalue weighted by atomic mass is 9.93. The summed E-state index contributed by atoms with van der Waals surface area (Å²) in [5.74, 6) is 1.28. The Morgan fingerprint density at radius 2 is 1.60 bits per heavy atom. The topological polar surface area (TPSA) is 47.6 Å². The molecule has 0 saturated carbocycles. The minimum Gasteiger partial charge on any atom is -0.493 e. The van der Waals surface area contributed by atoms with Gasteiger partial charge >= 0.3 is 6.09 Å². The predicted octanol–water partition coefficient (Wildman–Crippen LogP) is 6.21. The number of methoxy groups -OCH3 is 1. The van der Waals surface area contributed by atoms with Crippen molar-refractivity contribution < 1.29 is 14.3 Å². The zero-order valence-corrected chi connectivity index (χ0v) is 16.0. The molecule has 2 rings (SSSR count). The van der Waals surface area contributed by atoms with Crippen molar-refractivity contribution in [2.75, 3.05) is 12.4 Å². The summed E-state index contributed by atoms with van der Waals surface area (Å²) in [4.78, 5) is 12.5. The van der Waals surface area contributed by atoms with Crippen LogP contribution in [-0.2, 0) is 0 Å². The Morgan fingerprint density at radius 3 is 2.12 bits per heavy atom. The zero-order valence-electron chi connectivity index (χ0n) is 15.2. The number of carbonyl (C=O) groups is 1. The number of hydrogen-bond acceptors (Lipinski definition) is 3. The SMILES string of the molecule is COc1cc(Cl)ccc1OC(=O)Nc1c(C(C)C)cccc1C(C)C. The van der Waals surface area contributed by atoms with Gasteiger partial charge in [-0.05, 0) is 35.1 Å². The van der Waals surface area contributed by atoms with Crippen molar-refractivity contribution in [2.24, 2.45) is 0 Å². The smallest absolute Gasteiger partial charge is 0.417 e. The summed E-state index contributed by atoms with van der Waals surface area (Å²) < 4.78 is 10.6. The van der Waals surface area contributed by atoms with Crippen LogP contribution in [0, 0.1) is 0 Å². The normalized spacial score (nSPS) is 10.9. The van der Waals surface area contributed by atoms with Gasteiger partial charge in [0.05, 0.1) is 12.8 Å². The highest BCUT2D eigenvalue weighted by molar-refractivity contribution is 6.30. The maximum atomic E-state index is 12.5. The van der Waals surface area contributed by atoms with E-state index in [0.29, 0.717) is 16.5 Å². The van der Waals surface area contributed by atoms with Gasteiger partial charge in [-0.2, -0.15) is 0 Å². The van der Waals surface area contributed by atoms with Crippen LogP contribution in [-0.4, -0.2) is 13.2 Å². The Bertz CT molecular complexity index is 730. The van der Waals surface area contributed by atoms with E-state index in [-0.39, 0.29) is 11.8 Å². The van der Waals surface area contributed by atoms with E-state index in [1.165, 1.54) is 7.11 Å². The zero-order chi connectivity index (χ0) is 18.6. The Kier molecular flexibility index (Phi) is 6.32. The van der Waals surface area contributed by atoms with Gasteiger partial charge < -0.3 is 9.47 Å². The molecular weight excluding hydrogens is 338 g/mol. The van der Waals surface area contributed by atoms with Gasteiger partial charge in [0.2, 0.25) is 0 Å². The summed E-state index contributed by atoms with van der Waals surface area (Å²) in [5.41, 5.74) is 2.96. The number of hydrogen-bond donors (Lipinski definition) is 1. The highest BCUT2D eigenvalue weighted by Crippen LogP contribution is 2.34.